The zero-order valence-corrected chi connectivity index (χ0v) is 21.9. The molecule has 0 unspecified atom stereocenters. The van der Waals surface area contributed by atoms with Crippen LogP contribution in [-0.2, 0) is 30.8 Å². The van der Waals surface area contributed by atoms with E-state index in [2.05, 4.69) is 26.5 Å². The number of sulfonamides is 1. The topological polar surface area (TPSA) is 119 Å². The number of carbonyl (C=O) groups excluding carboxylic acids is 1. The number of hydrogen-bond acceptors (Lipinski definition) is 8. The average Bonchev–Trinajstić information content (AvgIpc) is 2.92. The Hall–Kier alpha value is -3.74. The highest BCUT2D eigenvalue weighted by molar-refractivity contribution is 7.96. The van der Waals surface area contributed by atoms with Gasteiger partial charge in [0.25, 0.3) is 15.9 Å². The van der Waals surface area contributed by atoms with Crippen LogP contribution in [0.25, 0.3) is 0 Å². The lowest BCUT2D eigenvalue weighted by Gasteiger charge is -2.25. The number of anilines is 1. The number of rotatable bonds is 13. The second-order valence-corrected chi connectivity index (χ2v) is 9.79. The number of pyridine rings is 1. The standard InChI is InChI=1S/C26H31FN4O6S/c1-3-25(38(33,34)30-22-16-23(35-2)19-28-18-22)24(8-12-36-13-9-31-10-14-37-15-11-31)26(32)29-17-20-4-6-21(27)7-5-20/h3-8,12,16,18-19,30H,1,9-11,13-15,17H2,2H3,(H,29,32)/b12-8+,25-24-. The van der Waals surface area contributed by atoms with Gasteiger partial charge in [0.2, 0.25) is 0 Å². The number of halogens is 1. The minimum Gasteiger partial charge on any atom is -0.500 e. The number of ether oxygens (including phenoxy) is 3. The van der Waals surface area contributed by atoms with Crippen molar-refractivity contribution in [2.24, 2.45) is 0 Å². The Morgan fingerprint density at radius 3 is 2.66 bits per heavy atom. The maximum Gasteiger partial charge on any atom is 0.262 e. The molecular weight excluding hydrogens is 515 g/mol. The van der Waals surface area contributed by atoms with Gasteiger partial charge in [0.15, 0.2) is 0 Å². The number of carbonyl (C=O) groups is 1. The predicted octanol–water partition coefficient (Wildman–Crippen LogP) is 2.59. The van der Waals surface area contributed by atoms with Crippen molar-refractivity contribution < 1.29 is 31.8 Å². The van der Waals surface area contributed by atoms with E-state index in [0.29, 0.717) is 37.7 Å². The smallest absolute Gasteiger partial charge is 0.262 e. The molecule has 0 spiro atoms. The molecule has 10 nitrogen and oxygen atoms in total. The summed E-state index contributed by atoms with van der Waals surface area (Å²) in [6, 6.07) is 7.03. The summed E-state index contributed by atoms with van der Waals surface area (Å²) in [6.45, 7) is 7.57. The van der Waals surface area contributed by atoms with Gasteiger partial charge in [0.05, 0.1) is 61.8 Å². The second kappa shape index (κ2) is 14.3. The van der Waals surface area contributed by atoms with E-state index in [0.717, 1.165) is 19.2 Å². The van der Waals surface area contributed by atoms with Crippen LogP contribution in [0, 0.1) is 5.82 Å². The third-order valence-corrected chi connectivity index (χ3v) is 6.98. The van der Waals surface area contributed by atoms with Crippen molar-refractivity contribution in [2.45, 2.75) is 6.54 Å². The van der Waals surface area contributed by atoms with E-state index in [1.807, 2.05) is 0 Å². The fourth-order valence-electron chi connectivity index (χ4n) is 3.50. The number of amides is 1. The Morgan fingerprint density at radius 1 is 1.24 bits per heavy atom. The predicted molar refractivity (Wildman–Crippen MR) is 141 cm³/mol. The van der Waals surface area contributed by atoms with Gasteiger partial charge in [-0.05, 0) is 29.8 Å². The monoisotopic (exact) mass is 546 g/mol. The highest BCUT2D eigenvalue weighted by Gasteiger charge is 2.23. The Labute approximate surface area is 221 Å². The third-order valence-electron chi connectivity index (χ3n) is 5.51. The molecule has 12 heteroatoms. The number of aromatic nitrogens is 1. The number of nitrogens with one attached hydrogen (secondary N) is 2. The molecule has 1 aromatic carbocycles. The molecule has 3 rings (SSSR count). The van der Waals surface area contributed by atoms with Crippen LogP contribution in [-0.4, -0.2) is 70.8 Å². The molecule has 1 saturated heterocycles. The van der Waals surface area contributed by atoms with Gasteiger partial charge in [-0.15, -0.1) is 0 Å². The first kappa shape index (κ1) is 28.8. The fraction of sp³-hybridized carbons (Fsp3) is 0.308. The van der Waals surface area contributed by atoms with Crippen LogP contribution in [0.3, 0.4) is 0 Å². The number of morpholine rings is 1. The molecule has 2 heterocycles. The molecule has 0 atom stereocenters. The van der Waals surface area contributed by atoms with Crippen LogP contribution in [0.4, 0.5) is 10.1 Å². The van der Waals surface area contributed by atoms with Crippen molar-refractivity contribution >= 4 is 21.6 Å². The summed E-state index contributed by atoms with van der Waals surface area (Å²) in [6.07, 6.45) is 6.35. The van der Waals surface area contributed by atoms with E-state index < -0.39 is 21.7 Å². The van der Waals surface area contributed by atoms with Gasteiger partial charge in [0, 0.05) is 32.2 Å². The van der Waals surface area contributed by atoms with E-state index in [1.165, 1.54) is 62.2 Å². The van der Waals surface area contributed by atoms with Gasteiger partial charge in [-0.1, -0.05) is 18.7 Å². The van der Waals surface area contributed by atoms with Crippen LogP contribution >= 0.6 is 0 Å². The maximum atomic E-state index is 13.3. The van der Waals surface area contributed by atoms with Gasteiger partial charge >= 0.3 is 0 Å². The summed E-state index contributed by atoms with van der Waals surface area (Å²) in [5.74, 6) is -0.748. The molecule has 38 heavy (non-hydrogen) atoms. The molecule has 1 amide bonds. The molecule has 2 N–H and O–H groups in total. The summed E-state index contributed by atoms with van der Waals surface area (Å²) >= 11 is 0. The summed E-state index contributed by atoms with van der Waals surface area (Å²) in [4.78, 5) is 18.9. The lowest BCUT2D eigenvalue weighted by Crippen LogP contribution is -2.38. The van der Waals surface area contributed by atoms with Crippen molar-refractivity contribution in [3.63, 3.8) is 0 Å². The fourth-order valence-corrected chi connectivity index (χ4v) is 4.70. The van der Waals surface area contributed by atoms with Gasteiger partial charge in [-0.2, -0.15) is 0 Å². The van der Waals surface area contributed by atoms with Gasteiger partial charge in [-0.3, -0.25) is 19.4 Å². The first-order chi connectivity index (χ1) is 18.3. The lowest BCUT2D eigenvalue weighted by atomic mass is 10.2. The molecule has 1 aliphatic heterocycles. The molecule has 2 aromatic rings. The van der Waals surface area contributed by atoms with Crippen molar-refractivity contribution in [2.75, 3.05) is 51.3 Å². The van der Waals surface area contributed by atoms with Gasteiger partial charge in [0.1, 0.15) is 11.6 Å². The largest absolute Gasteiger partial charge is 0.500 e. The van der Waals surface area contributed by atoms with Crippen LogP contribution < -0.4 is 14.8 Å². The SMILES string of the molecule is C=C/C(=C(\C=C\OCCN1CCOCC1)C(=O)NCc1ccc(F)cc1)S(=O)(=O)Nc1cncc(OC)c1. The normalized spacial score (nSPS) is 15.0. The van der Waals surface area contributed by atoms with Crippen molar-refractivity contribution in [3.05, 3.63) is 89.6 Å². The van der Waals surface area contributed by atoms with Crippen molar-refractivity contribution in [1.82, 2.24) is 15.2 Å². The molecule has 0 saturated carbocycles. The van der Waals surface area contributed by atoms with Crippen LogP contribution in [0.1, 0.15) is 5.56 Å². The quantitative estimate of drug-likeness (QED) is 0.170. The summed E-state index contributed by atoms with van der Waals surface area (Å²) in [5.41, 5.74) is 0.575. The Kier molecular flexibility index (Phi) is 10.8. The van der Waals surface area contributed by atoms with Gasteiger partial charge < -0.3 is 19.5 Å². The molecule has 0 aliphatic carbocycles. The Bertz CT molecular complexity index is 1260. The number of nitrogens with zero attached hydrogens (tertiary/aromatic N) is 2. The number of allylic oxidation sites excluding steroid dienone is 1. The minimum absolute atomic E-state index is 0.0477. The van der Waals surface area contributed by atoms with Crippen molar-refractivity contribution in [3.8, 4) is 5.75 Å². The third kappa shape index (κ3) is 8.68. The molecule has 1 aromatic heterocycles. The summed E-state index contributed by atoms with van der Waals surface area (Å²) < 4.78 is 58.1. The van der Waals surface area contributed by atoms with E-state index >= 15 is 0 Å². The molecule has 0 radical (unpaired) electrons. The van der Waals surface area contributed by atoms with Crippen LogP contribution in [0.2, 0.25) is 0 Å². The second-order valence-electron chi connectivity index (χ2n) is 8.14. The first-order valence-electron chi connectivity index (χ1n) is 11.8. The number of methoxy groups -OCH3 is 1. The first-order valence-corrected chi connectivity index (χ1v) is 13.3. The van der Waals surface area contributed by atoms with E-state index in [4.69, 9.17) is 14.2 Å². The highest BCUT2D eigenvalue weighted by atomic mass is 32.2. The zero-order chi connectivity index (χ0) is 27.4. The summed E-state index contributed by atoms with van der Waals surface area (Å²) in [7, 11) is -2.84. The van der Waals surface area contributed by atoms with Crippen molar-refractivity contribution in [1.29, 1.82) is 0 Å². The van der Waals surface area contributed by atoms with Crippen LogP contribution in [0.5, 0.6) is 5.75 Å². The van der Waals surface area contributed by atoms with E-state index in [1.54, 1.807) is 0 Å². The molecule has 204 valence electrons. The molecule has 1 fully saturated rings. The number of hydrogen-bond donors (Lipinski definition) is 2. The Balaban J connectivity index is 1.81. The van der Waals surface area contributed by atoms with Gasteiger partial charge in [-0.25, -0.2) is 12.8 Å². The van der Waals surface area contributed by atoms with Crippen LogP contribution in [0.15, 0.2) is 78.2 Å². The zero-order valence-electron chi connectivity index (χ0n) is 21.1. The molecular formula is C26H31FN4O6S. The highest BCUT2D eigenvalue weighted by Crippen LogP contribution is 2.22. The van der Waals surface area contributed by atoms with E-state index in [9.17, 15) is 17.6 Å². The van der Waals surface area contributed by atoms with E-state index in [-0.39, 0.29) is 22.7 Å². The lowest BCUT2D eigenvalue weighted by molar-refractivity contribution is -0.117. The summed E-state index contributed by atoms with van der Waals surface area (Å²) in [5, 5.41) is 2.66. The molecule has 1 aliphatic rings. The minimum atomic E-state index is -4.27. The average molecular weight is 547 g/mol. The molecule has 0 bridgehead atoms. The Morgan fingerprint density at radius 2 is 1.97 bits per heavy atom. The maximum absolute atomic E-state index is 13.3. The number of benzene rings is 1.